The number of benzene rings is 7. The van der Waals surface area contributed by atoms with Crippen LogP contribution in [0.5, 0.6) is 0 Å². The van der Waals surface area contributed by atoms with Gasteiger partial charge in [-0.1, -0.05) is 142 Å². The monoisotopic (exact) mass is 828 g/mol. The Morgan fingerprint density at radius 1 is 0.453 bits per heavy atom. The van der Waals surface area contributed by atoms with Crippen molar-refractivity contribution in [3.8, 4) is 67.0 Å². The topological polar surface area (TPSA) is 7.76 Å². The Balaban J connectivity index is 1.12. The van der Waals surface area contributed by atoms with Gasteiger partial charge in [-0.2, -0.15) is 9.13 Å². The molecule has 0 amide bonds. The number of hydrogen-bond donors (Lipinski definition) is 0. The zero-order valence-electron chi connectivity index (χ0n) is 37.6. The molecule has 0 unspecified atom stereocenters. The van der Waals surface area contributed by atoms with Crippen molar-refractivity contribution in [2.45, 2.75) is 65.3 Å². The van der Waals surface area contributed by atoms with Crippen LogP contribution in [-0.2, 0) is 12.0 Å². The molecule has 1 aliphatic heterocycles. The fourth-order valence-electron chi connectivity index (χ4n) is 10.3. The second-order valence-electron chi connectivity index (χ2n) is 17.5. The molecule has 0 atom stereocenters. The molecule has 0 radical (unpaired) electrons. The first-order valence-corrected chi connectivity index (χ1v) is 23.3. The minimum atomic E-state index is -0.290. The summed E-state index contributed by atoms with van der Waals surface area (Å²) in [4.78, 5) is 0. The Morgan fingerprint density at radius 2 is 1.06 bits per heavy atom. The standard InChI is InChI=1S/C62H56N2/c1-5-8-21-45-22-17-25-47(37-45)52-39-53(41-54(40-52)57-30-19-24-46-23-10-12-29-56(46)57)49-27-18-26-48(38-49)50-33-34-51-43-61(63-35-15-13-31-59(63)55-28-11-9-20-44(55)4)62(6-2,7-3)64-36-16-14-32-60(64)58(51)42-50/h9-20,22-43H,5-8,21H2,1-4H3/q+2. The first-order chi connectivity index (χ1) is 31.5. The summed E-state index contributed by atoms with van der Waals surface area (Å²) in [5.74, 6) is 0. The van der Waals surface area contributed by atoms with Crippen molar-refractivity contribution >= 4 is 22.5 Å². The van der Waals surface area contributed by atoms with Crippen LogP contribution in [0.15, 0.2) is 200 Å². The number of unbranched alkanes of at least 4 members (excludes halogenated alkanes) is 1. The number of aromatic nitrogens is 2. The maximum absolute atomic E-state index is 2.56. The van der Waals surface area contributed by atoms with Crippen LogP contribution in [0, 0.1) is 6.92 Å². The lowest BCUT2D eigenvalue weighted by atomic mass is 9.86. The summed E-state index contributed by atoms with van der Waals surface area (Å²) in [6, 6.07) is 70.1. The number of pyridine rings is 2. The van der Waals surface area contributed by atoms with Crippen LogP contribution in [0.4, 0.5) is 0 Å². The summed E-state index contributed by atoms with van der Waals surface area (Å²) in [6.07, 6.45) is 12.4. The van der Waals surface area contributed by atoms with E-state index in [1.165, 1.54) is 113 Å². The van der Waals surface area contributed by atoms with Crippen LogP contribution in [0.1, 0.15) is 63.1 Å². The lowest BCUT2D eigenvalue weighted by Crippen LogP contribution is -2.62. The van der Waals surface area contributed by atoms with Crippen molar-refractivity contribution in [1.29, 1.82) is 0 Å². The van der Waals surface area contributed by atoms with Crippen LogP contribution in [0.25, 0.3) is 89.6 Å². The van der Waals surface area contributed by atoms with Crippen LogP contribution < -0.4 is 9.13 Å². The minimum absolute atomic E-state index is 0.290. The highest BCUT2D eigenvalue weighted by Crippen LogP contribution is 2.41. The third-order valence-electron chi connectivity index (χ3n) is 13.8. The fraction of sp³-hybridized carbons (Fsp3) is 0.161. The molecule has 2 aromatic heterocycles. The van der Waals surface area contributed by atoms with Crippen molar-refractivity contribution in [3.05, 3.63) is 217 Å². The maximum Gasteiger partial charge on any atom is 0.260 e. The predicted molar refractivity (Wildman–Crippen MR) is 269 cm³/mol. The van der Waals surface area contributed by atoms with Crippen LogP contribution in [-0.4, -0.2) is 0 Å². The van der Waals surface area contributed by atoms with Crippen LogP contribution in [0.2, 0.25) is 0 Å². The molecule has 2 nitrogen and oxygen atoms in total. The van der Waals surface area contributed by atoms with Gasteiger partial charge >= 0.3 is 0 Å². The van der Waals surface area contributed by atoms with Gasteiger partial charge in [0.05, 0.1) is 5.56 Å². The summed E-state index contributed by atoms with van der Waals surface area (Å²) in [6.45, 7) is 9.17. The highest BCUT2D eigenvalue weighted by Gasteiger charge is 2.51. The van der Waals surface area contributed by atoms with Crippen molar-refractivity contribution < 1.29 is 9.13 Å². The Labute approximate surface area is 379 Å². The molecule has 312 valence electrons. The van der Waals surface area contributed by atoms with Gasteiger partial charge in [0.2, 0.25) is 11.4 Å². The molecule has 0 aliphatic carbocycles. The van der Waals surface area contributed by atoms with Gasteiger partial charge in [0.1, 0.15) is 0 Å². The number of rotatable bonds is 11. The van der Waals surface area contributed by atoms with E-state index >= 15 is 0 Å². The minimum Gasteiger partial charge on any atom is -0.182 e. The summed E-state index contributed by atoms with van der Waals surface area (Å²) >= 11 is 0. The van der Waals surface area contributed by atoms with Crippen molar-refractivity contribution in [2.75, 3.05) is 0 Å². The number of nitrogens with zero attached hydrogens (tertiary/aromatic N) is 2. The van der Waals surface area contributed by atoms with E-state index in [2.05, 4.69) is 243 Å². The molecule has 0 spiro atoms. The van der Waals surface area contributed by atoms with E-state index in [0.717, 1.165) is 19.3 Å². The first-order valence-electron chi connectivity index (χ1n) is 23.3. The first kappa shape index (κ1) is 40.9. The third-order valence-corrected chi connectivity index (χ3v) is 13.8. The molecule has 0 N–H and O–H groups in total. The van der Waals surface area contributed by atoms with E-state index in [-0.39, 0.29) is 5.54 Å². The molecule has 7 aromatic carbocycles. The quantitative estimate of drug-likeness (QED) is 0.115. The van der Waals surface area contributed by atoms with Gasteiger partial charge in [0.25, 0.3) is 11.2 Å². The average molecular weight is 829 g/mol. The summed E-state index contributed by atoms with van der Waals surface area (Å²) < 4.78 is 5.01. The second kappa shape index (κ2) is 17.5. The van der Waals surface area contributed by atoms with Gasteiger partial charge in [-0.15, -0.1) is 0 Å². The van der Waals surface area contributed by atoms with Crippen molar-refractivity contribution in [1.82, 2.24) is 0 Å². The van der Waals surface area contributed by atoms with Gasteiger partial charge in [-0.05, 0) is 140 Å². The third kappa shape index (κ3) is 7.47. The molecule has 2 heteroatoms. The molecule has 0 fully saturated rings. The Hall–Kier alpha value is -7.16. The van der Waals surface area contributed by atoms with Gasteiger partial charge in [0.15, 0.2) is 12.4 Å². The lowest BCUT2D eigenvalue weighted by Gasteiger charge is -2.26. The Bertz CT molecular complexity index is 3190. The molecule has 0 saturated carbocycles. The second-order valence-corrected chi connectivity index (χ2v) is 17.5. The van der Waals surface area contributed by atoms with E-state index in [0.29, 0.717) is 0 Å². The highest BCUT2D eigenvalue weighted by atomic mass is 15.1. The Morgan fingerprint density at radius 3 is 1.86 bits per heavy atom. The van der Waals surface area contributed by atoms with E-state index in [4.69, 9.17) is 0 Å². The molecule has 64 heavy (non-hydrogen) atoms. The van der Waals surface area contributed by atoms with Crippen LogP contribution in [0.3, 0.4) is 0 Å². The van der Waals surface area contributed by atoms with Gasteiger partial charge < -0.3 is 0 Å². The summed E-state index contributed by atoms with van der Waals surface area (Å²) in [5.41, 5.74) is 19.6. The van der Waals surface area contributed by atoms with E-state index in [1.54, 1.807) is 0 Å². The smallest absolute Gasteiger partial charge is 0.182 e. The molecule has 3 heterocycles. The molecule has 10 rings (SSSR count). The molecular formula is C62H56N2+2. The number of hydrogen-bond acceptors (Lipinski definition) is 0. The number of fused-ring (bicyclic) bond motifs is 4. The van der Waals surface area contributed by atoms with Crippen LogP contribution >= 0.6 is 0 Å². The number of allylic oxidation sites excluding steroid dienone is 1. The van der Waals surface area contributed by atoms with Gasteiger partial charge in [0, 0.05) is 48.7 Å². The maximum atomic E-state index is 2.56. The zero-order valence-corrected chi connectivity index (χ0v) is 37.6. The molecule has 0 saturated heterocycles. The summed E-state index contributed by atoms with van der Waals surface area (Å²) in [5, 5.41) is 2.52. The molecule has 0 bridgehead atoms. The molecular weight excluding hydrogens is 773 g/mol. The van der Waals surface area contributed by atoms with Crippen molar-refractivity contribution in [2.24, 2.45) is 0 Å². The predicted octanol–water partition coefficient (Wildman–Crippen LogP) is 15.6. The van der Waals surface area contributed by atoms with Crippen molar-refractivity contribution in [3.63, 3.8) is 0 Å². The Kier molecular flexibility index (Phi) is 11.2. The zero-order chi connectivity index (χ0) is 43.6. The normalized spacial score (nSPS) is 12.9. The van der Waals surface area contributed by atoms with Gasteiger partial charge in [-0.3, -0.25) is 0 Å². The SMILES string of the molecule is CCCCc1cccc(-c2cc(-c3cccc(-c4ccc5c(c4)-c4cccc[n+]4C(CC)(CC)C([n+]4ccccc4-c4ccccc4C)=C5)c3)cc(-c3cccc4ccccc34)c2)c1. The molecule has 9 aromatic rings. The molecule has 1 aliphatic rings. The highest BCUT2D eigenvalue weighted by molar-refractivity contribution is 5.98. The van der Waals surface area contributed by atoms with E-state index < -0.39 is 0 Å². The number of aryl methyl sites for hydroxylation is 2. The summed E-state index contributed by atoms with van der Waals surface area (Å²) in [7, 11) is 0. The lowest BCUT2D eigenvalue weighted by molar-refractivity contribution is -0.762. The fourth-order valence-corrected chi connectivity index (χ4v) is 10.3. The van der Waals surface area contributed by atoms with E-state index in [1.807, 2.05) is 0 Å². The largest absolute Gasteiger partial charge is 0.260 e. The van der Waals surface area contributed by atoms with Gasteiger partial charge in [-0.25, -0.2) is 0 Å². The van der Waals surface area contributed by atoms with E-state index in [9.17, 15) is 0 Å². The average Bonchev–Trinajstić information content (AvgIpc) is 3.48.